The summed E-state index contributed by atoms with van der Waals surface area (Å²) < 4.78 is 27.2. The van der Waals surface area contributed by atoms with E-state index in [1.165, 1.54) is 17.1 Å². The fraction of sp³-hybridized carbons (Fsp3) is 0.727. The molecule has 96 valence electrons. The van der Waals surface area contributed by atoms with Crippen LogP contribution in [0.3, 0.4) is 0 Å². The van der Waals surface area contributed by atoms with Crippen molar-refractivity contribution in [3.63, 3.8) is 0 Å². The van der Waals surface area contributed by atoms with Crippen molar-refractivity contribution in [2.75, 3.05) is 14.1 Å². The van der Waals surface area contributed by atoms with Gasteiger partial charge in [0.25, 0.3) is 0 Å². The van der Waals surface area contributed by atoms with Gasteiger partial charge in [-0.15, -0.1) is 0 Å². The van der Waals surface area contributed by atoms with E-state index in [0.29, 0.717) is 16.6 Å². The second kappa shape index (κ2) is 4.42. The van der Waals surface area contributed by atoms with Gasteiger partial charge in [0.2, 0.25) is 10.0 Å². The molecule has 0 radical (unpaired) electrons. The maximum Gasteiger partial charge on any atom is 0.245 e. The highest BCUT2D eigenvalue weighted by atomic mass is 32.2. The molecule has 1 aromatic rings. The molecule has 17 heavy (non-hydrogen) atoms. The molecular weight excluding hydrogens is 238 g/mol. The van der Waals surface area contributed by atoms with E-state index in [9.17, 15) is 8.42 Å². The Balaban J connectivity index is 2.37. The molecule has 1 fully saturated rings. The standard InChI is InChI=1S/C11H19N3O2S/c1-9-11(17(15,16)13(2)3)8-14(12-9)10-6-4-5-7-10/h8,10H,4-7H2,1-3H3. The Kier molecular flexibility index (Phi) is 3.27. The molecule has 1 aliphatic carbocycles. The molecule has 0 aromatic carbocycles. The van der Waals surface area contributed by atoms with Crippen molar-refractivity contribution >= 4 is 10.0 Å². The molecule has 0 saturated heterocycles. The number of aromatic nitrogens is 2. The Morgan fingerprint density at radius 3 is 2.47 bits per heavy atom. The Morgan fingerprint density at radius 1 is 1.35 bits per heavy atom. The maximum absolute atomic E-state index is 12.1. The lowest BCUT2D eigenvalue weighted by atomic mass is 10.3. The van der Waals surface area contributed by atoms with Crippen LogP contribution < -0.4 is 0 Å². The molecule has 2 rings (SSSR count). The van der Waals surface area contributed by atoms with Crippen LogP contribution in [0, 0.1) is 6.92 Å². The van der Waals surface area contributed by atoms with E-state index in [0.717, 1.165) is 12.8 Å². The fourth-order valence-electron chi connectivity index (χ4n) is 2.27. The van der Waals surface area contributed by atoms with Crippen LogP contribution in [0.2, 0.25) is 0 Å². The zero-order chi connectivity index (χ0) is 12.6. The minimum Gasteiger partial charge on any atom is -0.268 e. The van der Waals surface area contributed by atoms with Crippen LogP contribution in [-0.2, 0) is 10.0 Å². The van der Waals surface area contributed by atoms with Crippen molar-refractivity contribution in [3.8, 4) is 0 Å². The van der Waals surface area contributed by atoms with Crippen molar-refractivity contribution in [2.45, 2.75) is 43.5 Å². The molecule has 1 heterocycles. The molecule has 5 nitrogen and oxygen atoms in total. The summed E-state index contributed by atoms with van der Waals surface area (Å²) in [6.07, 6.45) is 6.30. The molecule has 0 amide bonds. The Hall–Kier alpha value is -0.880. The highest BCUT2D eigenvalue weighted by Gasteiger charge is 2.25. The van der Waals surface area contributed by atoms with Crippen LogP contribution >= 0.6 is 0 Å². The first-order chi connectivity index (χ1) is 7.93. The van der Waals surface area contributed by atoms with Gasteiger partial charge in [-0.1, -0.05) is 12.8 Å². The van der Waals surface area contributed by atoms with Gasteiger partial charge in [0, 0.05) is 20.3 Å². The monoisotopic (exact) mass is 257 g/mol. The first-order valence-corrected chi connectivity index (χ1v) is 7.35. The highest BCUT2D eigenvalue weighted by molar-refractivity contribution is 7.89. The van der Waals surface area contributed by atoms with Crippen LogP contribution in [0.15, 0.2) is 11.1 Å². The number of sulfonamides is 1. The van der Waals surface area contributed by atoms with E-state index in [4.69, 9.17) is 0 Å². The largest absolute Gasteiger partial charge is 0.268 e. The van der Waals surface area contributed by atoms with E-state index in [2.05, 4.69) is 5.10 Å². The van der Waals surface area contributed by atoms with E-state index in [1.54, 1.807) is 27.2 Å². The quantitative estimate of drug-likeness (QED) is 0.825. The van der Waals surface area contributed by atoms with Gasteiger partial charge in [-0.2, -0.15) is 5.10 Å². The van der Waals surface area contributed by atoms with Crippen molar-refractivity contribution in [3.05, 3.63) is 11.9 Å². The molecular formula is C11H19N3O2S. The lowest BCUT2D eigenvalue weighted by Gasteiger charge is -2.10. The lowest BCUT2D eigenvalue weighted by molar-refractivity contribution is 0.463. The van der Waals surface area contributed by atoms with Crippen LogP contribution in [0.4, 0.5) is 0 Å². The van der Waals surface area contributed by atoms with Gasteiger partial charge in [-0.3, -0.25) is 4.68 Å². The van der Waals surface area contributed by atoms with Crippen molar-refractivity contribution in [2.24, 2.45) is 0 Å². The predicted molar refractivity (Wildman–Crippen MR) is 65.3 cm³/mol. The predicted octanol–water partition coefficient (Wildman–Crippen LogP) is 1.56. The second-order valence-electron chi connectivity index (χ2n) is 4.78. The summed E-state index contributed by atoms with van der Waals surface area (Å²) in [6.45, 7) is 1.75. The molecule has 0 N–H and O–H groups in total. The smallest absolute Gasteiger partial charge is 0.245 e. The number of nitrogens with zero attached hydrogens (tertiary/aromatic N) is 3. The highest BCUT2D eigenvalue weighted by Crippen LogP contribution is 2.30. The van der Waals surface area contributed by atoms with Crippen LogP contribution in [0.1, 0.15) is 37.4 Å². The van der Waals surface area contributed by atoms with Gasteiger partial charge in [-0.25, -0.2) is 12.7 Å². The lowest BCUT2D eigenvalue weighted by Crippen LogP contribution is -2.22. The summed E-state index contributed by atoms with van der Waals surface area (Å²) in [5, 5.41) is 4.35. The van der Waals surface area contributed by atoms with Crippen LogP contribution in [0.5, 0.6) is 0 Å². The van der Waals surface area contributed by atoms with Gasteiger partial charge in [0.1, 0.15) is 4.90 Å². The number of rotatable bonds is 3. The molecule has 0 spiro atoms. The van der Waals surface area contributed by atoms with Crippen molar-refractivity contribution < 1.29 is 8.42 Å². The van der Waals surface area contributed by atoms with Gasteiger partial charge in [0.05, 0.1) is 11.7 Å². The summed E-state index contributed by atoms with van der Waals surface area (Å²) >= 11 is 0. The Bertz CT molecular complexity index is 499. The van der Waals surface area contributed by atoms with Crippen LogP contribution in [0.25, 0.3) is 0 Å². The van der Waals surface area contributed by atoms with Gasteiger partial charge < -0.3 is 0 Å². The fourth-order valence-corrected chi connectivity index (χ4v) is 3.32. The van der Waals surface area contributed by atoms with E-state index < -0.39 is 10.0 Å². The summed E-state index contributed by atoms with van der Waals surface area (Å²) in [7, 11) is -0.280. The third-order valence-electron chi connectivity index (χ3n) is 3.33. The summed E-state index contributed by atoms with van der Waals surface area (Å²) in [6, 6.07) is 0.375. The number of hydrogen-bond acceptors (Lipinski definition) is 3. The van der Waals surface area contributed by atoms with Gasteiger partial charge in [0.15, 0.2) is 0 Å². The molecule has 6 heteroatoms. The van der Waals surface area contributed by atoms with Gasteiger partial charge >= 0.3 is 0 Å². The first-order valence-electron chi connectivity index (χ1n) is 5.91. The normalized spacial score (nSPS) is 18.1. The molecule has 1 aliphatic rings. The molecule has 0 aliphatic heterocycles. The molecule has 1 saturated carbocycles. The zero-order valence-electron chi connectivity index (χ0n) is 10.5. The van der Waals surface area contributed by atoms with E-state index >= 15 is 0 Å². The number of aryl methyl sites for hydroxylation is 1. The molecule has 0 bridgehead atoms. The second-order valence-corrected chi connectivity index (χ2v) is 6.90. The van der Waals surface area contributed by atoms with Crippen molar-refractivity contribution in [1.29, 1.82) is 0 Å². The van der Waals surface area contributed by atoms with E-state index in [1.807, 2.05) is 4.68 Å². The summed E-state index contributed by atoms with van der Waals surface area (Å²) in [5.41, 5.74) is 0.589. The average molecular weight is 257 g/mol. The van der Waals surface area contributed by atoms with Crippen LogP contribution in [-0.4, -0.2) is 36.6 Å². The summed E-state index contributed by atoms with van der Waals surface area (Å²) in [5.74, 6) is 0. The van der Waals surface area contributed by atoms with Crippen molar-refractivity contribution in [1.82, 2.24) is 14.1 Å². The first kappa shape index (κ1) is 12.6. The summed E-state index contributed by atoms with van der Waals surface area (Å²) in [4.78, 5) is 0.328. The zero-order valence-corrected chi connectivity index (χ0v) is 11.4. The van der Waals surface area contributed by atoms with Gasteiger partial charge in [-0.05, 0) is 19.8 Å². The Morgan fingerprint density at radius 2 is 1.94 bits per heavy atom. The topological polar surface area (TPSA) is 55.2 Å². The van der Waals surface area contributed by atoms with E-state index in [-0.39, 0.29) is 0 Å². The molecule has 0 unspecified atom stereocenters. The third kappa shape index (κ3) is 2.24. The molecule has 1 aromatic heterocycles. The average Bonchev–Trinajstić information content (AvgIpc) is 2.85. The number of hydrogen-bond donors (Lipinski definition) is 0. The minimum atomic E-state index is -3.37. The third-order valence-corrected chi connectivity index (χ3v) is 5.25. The maximum atomic E-state index is 12.1. The molecule has 0 atom stereocenters. The SMILES string of the molecule is Cc1nn(C2CCCC2)cc1S(=O)(=O)N(C)C. The minimum absolute atomic E-state index is 0.328. The Labute approximate surface area is 102 Å².